The number of aliphatic hydroxyl groups is 2. The van der Waals surface area contributed by atoms with Gasteiger partial charge in [-0.05, 0) is 26.3 Å². The van der Waals surface area contributed by atoms with E-state index >= 15 is 0 Å². The Hall–Kier alpha value is -0.900. The van der Waals surface area contributed by atoms with Crippen molar-refractivity contribution in [1.29, 1.82) is 0 Å². The zero-order valence-electron chi connectivity index (χ0n) is 10.1. The monoisotopic (exact) mass is 223 g/mol. The van der Waals surface area contributed by atoms with Crippen LogP contribution in [-0.2, 0) is 0 Å². The molecular weight excluding hydrogens is 202 g/mol. The van der Waals surface area contributed by atoms with Crippen molar-refractivity contribution in [3.63, 3.8) is 0 Å². The average Bonchev–Trinajstić information content (AvgIpc) is 2.25. The molecule has 0 amide bonds. The smallest absolute Gasteiger partial charge is 0.0741 e. The van der Waals surface area contributed by atoms with Gasteiger partial charge in [0.2, 0.25) is 0 Å². The fraction of sp³-hybridized carbons (Fsp3) is 0.538. The molecule has 0 radical (unpaired) electrons. The topological polar surface area (TPSA) is 52.5 Å². The number of hydrogen-bond donors (Lipinski definition) is 3. The summed E-state index contributed by atoms with van der Waals surface area (Å²) in [6, 6.07) is 9.52. The highest BCUT2D eigenvalue weighted by Gasteiger charge is 2.24. The summed E-state index contributed by atoms with van der Waals surface area (Å²) in [7, 11) is 0. The maximum atomic E-state index is 9.83. The van der Waals surface area contributed by atoms with Crippen molar-refractivity contribution >= 4 is 0 Å². The van der Waals surface area contributed by atoms with Gasteiger partial charge in [0.05, 0.1) is 18.2 Å². The van der Waals surface area contributed by atoms with E-state index in [2.05, 4.69) is 5.32 Å². The number of rotatable bonds is 5. The molecule has 1 aromatic carbocycles. The van der Waals surface area contributed by atoms with Gasteiger partial charge in [-0.2, -0.15) is 0 Å². The third-order valence-electron chi connectivity index (χ3n) is 2.90. The van der Waals surface area contributed by atoms with Gasteiger partial charge in [0, 0.05) is 6.04 Å². The van der Waals surface area contributed by atoms with Gasteiger partial charge in [-0.25, -0.2) is 0 Å². The fourth-order valence-corrected chi connectivity index (χ4v) is 1.45. The van der Waals surface area contributed by atoms with Crippen molar-refractivity contribution in [2.24, 2.45) is 0 Å². The van der Waals surface area contributed by atoms with E-state index in [0.717, 1.165) is 5.56 Å². The lowest BCUT2D eigenvalue weighted by Gasteiger charge is -2.30. The Kier molecular flexibility index (Phi) is 4.47. The van der Waals surface area contributed by atoms with Crippen molar-refractivity contribution in [1.82, 2.24) is 5.32 Å². The van der Waals surface area contributed by atoms with Crippen LogP contribution in [-0.4, -0.2) is 28.5 Å². The van der Waals surface area contributed by atoms with Crippen LogP contribution < -0.4 is 5.32 Å². The van der Waals surface area contributed by atoms with Crippen molar-refractivity contribution in [2.45, 2.75) is 38.5 Å². The molecule has 2 atom stereocenters. The molecule has 0 aliphatic rings. The van der Waals surface area contributed by atoms with Gasteiger partial charge in [-0.3, -0.25) is 0 Å². The SMILES string of the molecule is CC(NC(CO)c1ccccc1)C(C)(C)O. The first-order valence-corrected chi connectivity index (χ1v) is 5.59. The van der Waals surface area contributed by atoms with Crippen molar-refractivity contribution in [2.75, 3.05) is 6.61 Å². The Morgan fingerprint density at radius 1 is 1.25 bits per heavy atom. The lowest BCUT2D eigenvalue weighted by molar-refractivity contribution is 0.0361. The van der Waals surface area contributed by atoms with Crippen LogP contribution in [0.3, 0.4) is 0 Å². The van der Waals surface area contributed by atoms with E-state index in [0.29, 0.717) is 0 Å². The second kappa shape index (κ2) is 5.43. The summed E-state index contributed by atoms with van der Waals surface area (Å²) in [5.74, 6) is 0. The molecular formula is C13H21NO2. The van der Waals surface area contributed by atoms with E-state index in [1.165, 1.54) is 0 Å². The van der Waals surface area contributed by atoms with Crippen LogP contribution >= 0.6 is 0 Å². The fourth-order valence-electron chi connectivity index (χ4n) is 1.45. The molecule has 3 N–H and O–H groups in total. The van der Waals surface area contributed by atoms with Gasteiger partial charge >= 0.3 is 0 Å². The lowest BCUT2D eigenvalue weighted by atomic mass is 9.98. The van der Waals surface area contributed by atoms with Crippen molar-refractivity contribution in [3.05, 3.63) is 35.9 Å². The molecule has 16 heavy (non-hydrogen) atoms. The Morgan fingerprint density at radius 2 is 1.81 bits per heavy atom. The van der Waals surface area contributed by atoms with Crippen LogP contribution in [0.25, 0.3) is 0 Å². The van der Waals surface area contributed by atoms with Crippen molar-refractivity contribution in [3.8, 4) is 0 Å². The van der Waals surface area contributed by atoms with E-state index in [4.69, 9.17) is 0 Å². The van der Waals surface area contributed by atoms with E-state index in [1.807, 2.05) is 37.3 Å². The third kappa shape index (κ3) is 3.59. The molecule has 1 rings (SSSR count). The van der Waals surface area contributed by atoms with E-state index in [-0.39, 0.29) is 18.7 Å². The molecule has 0 aromatic heterocycles. The summed E-state index contributed by atoms with van der Waals surface area (Å²) in [6.07, 6.45) is 0. The predicted molar refractivity (Wildman–Crippen MR) is 65.2 cm³/mol. The molecule has 0 bridgehead atoms. The molecule has 0 heterocycles. The second-order valence-corrected chi connectivity index (χ2v) is 4.69. The molecule has 0 fully saturated rings. The molecule has 1 aromatic rings. The van der Waals surface area contributed by atoms with Crippen LogP contribution in [0, 0.1) is 0 Å². The molecule has 0 aliphatic heterocycles. The predicted octanol–water partition coefficient (Wildman–Crippen LogP) is 1.47. The summed E-state index contributed by atoms with van der Waals surface area (Å²) in [4.78, 5) is 0. The maximum absolute atomic E-state index is 9.83. The molecule has 0 aliphatic carbocycles. The van der Waals surface area contributed by atoms with E-state index < -0.39 is 5.60 Å². The normalized spacial score (nSPS) is 15.8. The Bertz CT molecular complexity index is 305. The summed E-state index contributed by atoms with van der Waals surface area (Å²) < 4.78 is 0. The Labute approximate surface area is 97.1 Å². The van der Waals surface area contributed by atoms with Gasteiger partial charge in [0.25, 0.3) is 0 Å². The first-order valence-electron chi connectivity index (χ1n) is 5.59. The summed E-state index contributed by atoms with van der Waals surface area (Å²) in [5.41, 5.74) is 0.225. The summed E-state index contributed by atoms with van der Waals surface area (Å²) in [5, 5.41) is 22.4. The minimum atomic E-state index is -0.803. The molecule has 3 heteroatoms. The zero-order chi connectivity index (χ0) is 12.2. The highest BCUT2D eigenvalue weighted by molar-refractivity contribution is 5.19. The minimum Gasteiger partial charge on any atom is -0.394 e. The third-order valence-corrected chi connectivity index (χ3v) is 2.90. The van der Waals surface area contributed by atoms with Gasteiger partial charge in [-0.15, -0.1) is 0 Å². The van der Waals surface area contributed by atoms with Gasteiger partial charge in [0.15, 0.2) is 0 Å². The van der Waals surface area contributed by atoms with Crippen LogP contribution in [0.1, 0.15) is 32.4 Å². The standard InChI is InChI=1S/C13H21NO2/c1-10(13(2,3)16)14-12(9-15)11-7-5-4-6-8-11/h4-8,10,12,14-16H,9H2,1-3H3. The summed E-state index contributed by atoms with van der Waals surface area (Å²) in [6.45, 7) is 5.43. The highest BCUT2D eigenvalue weighted by Crippen LogP contribution is 2.16. The molecule has 0 saturated carbocycles. The van der Waals surface area contributed by atoms with Crippen LogP contribution in [0.4, 0.5) is 0 Å². The van der Waals surface area contributed by atoms with Crippen LogP contribution in [0.2, 0.25) is 0 Å². The molecule has 0 saturated heterocycles. The van der Waals surface area contributed by atoms with Crippen molar-refractivity contribution < 1.29 is 10.2 Å². The first kappa shape index (κ1) is 13.2. The zero-order valence-corrected chi connectivity index (χ0v) is 10.1. The van der Waals surface area contributed by atoms with Gasteiger partial charge in [0.1, 0.15) is 0 Å². The number of benzene rings is 1. The molecule has 90 valence electrons. The Morgan fingerprint density at radius 3 is 2.25 bits per heavy atom. The lowest BCUT2D eigenvalue weighted by Crippen LogP contribution is -2.46. The number of aliphatic hydroxyl groups excluding tert-OH is 1. The van der Waals surface area contributed by atoms with Crippen LogP contribution in [0.5, 0.6) is 0 Å². The maximum Gasteiger partial charge on any atom is 0.0741 e. The first-order chi connectivity index (χ1) is 7.45. The van der Waals surface area contributed by atoms with E-state index in [1.54, 1.807) is 13.8 Å². The minimum absolute atomic E-state index is 0.0183. The van der Waals surface area contributed by atoms with Gasteiger partial charge < -0.3 is 15.5 Å². The summed E-state index contributed by atoms with van der Waals surface area (Å²) >= 11 is 0. The molecule has 2 unspecified atom stereocenters. The molecule has 3 nitrogen and oxygen atoms in total. The molecule has 0 spiro atoms. The quantitative estimate of drug-likeness (QED) is 0.708. The second-order valence-electron chi connectivity index (χ2n) is 4.69. The largest absolute Gasteiger partial charge is 0.394 e. The highest BCUT2D eigenvalue weighted by atomic mass is 16.3. The number of hydrogen-bond acceptors (Lipinski definition) is 3. The average molecular weight is 223 g/mol. The van der Waals surface area contributed by atoms with Crippen LogP contribution in [0.15, 0.2) is 30.3 Å². The number of nitrogens with one attached hydrogen (secondary N) is 1. The van der Waals surface area contributed by atoms with E-state index in [9.17, 15) is 10.2 Å². The Balaban J connectivity index is 2.70. The van der Waals surface area contributed by atoms with Gasteiger partial charge in [-0.1, -0.05) is 30.3 Å².